The number of H-pyrrole nitrogens is 1. The lowest BCUT2D eigenvalue weighted by atomic mass is 9.36. The van der Waals surface area contributed by atoms with Gasteiger partial charge in [-0.3, -0.25) is 0 Å². The number of nitrogens with two attached hydrogens (primary N) is 1. The maximum Gasteiger partial charge on any atom is 0.405 e. The van der Waals surface area contributed by atoms with Gasteiger partial charge in [0.2, 0.25) is 0 Å². The third-order valence-corrected chi connectivity index (χ3v) is 6.39. The van der Waals surface area contributed by atoms with E-state index in [1.54, 1.807) is 6.20 Å². The van der Waals surface area contributed by atoms with Crippen LogP contribution in [-0.4, -0.2) is 31.2 Å². The molecule has 0 spiro atoms. The fraction of sp³-hybridized carbons (Fsp3) is 0.474. The molecule has 0 saturated heterocycles. The molecule has 1 amide bonds. The van der Waals surface area contributed by atoms with Crippen molar-refractivity contribution in [1.82, 2.24) is 19.5 Å². The van der Waals surface area contributed by atoms with E-state index in [1.807, 2.05) is 32.4 Å². The van der Waals surface area contributed by atoms with Crippen LogP contribution in [0.4, 0.5) is 4.79 Å². The Labute approximate surface area is 155 Å². The maximum atomic E-state index is 11.5. The van der Waals surface area contributed by atoms with Crippen molar-refractivity contribution in [3.05, 3.63) is 24.8 Å². The summed E-state index contributed by atoms with van der Waals surface area (Å²) in [6.45, 7) is 3.83. The highest BCUT2D eigenvalue weighted by Crippen LogP contribution is 2.73. The van der Waals surface area contributed by atoms with Crippen LogP contribution in [0, 0.1) is 22.7 Å². The van der Waals surface area contributed by atoms with E-state index in [9.17, 15) is 10.1 Å². The number of aromatic nitrogens is 4. The summed E-state index contributed by atoms with van der Waals surface area (Å²) in [7, 11) is 0. The first-order valence-corrected chi connectivity index (χ1v) is 9.00. The number of nitrogens with zero attached hydrogens (tertiary/aromatic N) is 4. The molecule has 1 atom stereocenters. The minimum absolute atomic E-state index is 0.0201. The molecule has 3 fully saturated rings. The second kappa shape index (κ2) is 4.80. The lowest BCUT2D eigenvalue weighted by molar-refractivity contribution is -0.307. The lowest BCUT2D eigenvalue weighted by Gasteiger charge is -2.75. The Bertz CT molecular complexity index is 1130. The first-order valence-electron chi connectivity index (χ1n) is 9.00. The summed E-state index contributed by atoms with van der Waals surface area (Å²) >= 11 is 0. The minimum atomic E-state index is -0.754. The molecule has 2 bridgehead atoms. The standard InChI is InChI=1S/C19H20N6O2/c1-17(2,9-20)5-13-18(7-19(13,8-18)27-16(21)26)25-10-24-12-6-23-15-11(14(12)25)3-4-22-15/h3-4,6,10,13H,5,7-8H2,1-2H3,(H2,21,26)(H,22,23). The van der Waals surface area contributed by atoms with Gasteiger partial charge in [-0.05, 0) is 26.3 Å². The fourth-order valence-electron chi connectivity index (χ4n) is 5.16. The summed E-state index contributed by atoms with van der Waals surface area (Å²) in [5.41, 5.74) is 6.68. The molecule has 3 aliphatic carbocycles. The number of nitrogens with one attached hydrogen (secondary N) is 1. The first-order chi connectivity index (χ1) is 12.8. The molecule has 3 aliphatic rings. The van der Waals surface area contributed by atoms with Gasteiger partial charge in [-0.1, -0.05) is 0 Å². The normalized spacial score (nSPS) is 29.1. The number of hydrogen-bond acceptors (Lipinski definition) is 5. The van der Waals surface area contributed by atoms with Crippen LogP contribution in [-0.2, 0) is 10.3 Å². The highest BCUT2D eigenvalue weighted by atomic mass is 16.6. The number of hydrogen-bond donors (Lipinski definition) is 2. The van der Waals surface area contributed by atoms with Gasteiger partial charge in [0.05, 0.1) is 35.1 Å². The second-order valence-corrected chi connectivity index (χ2v) is 8.54. The Morgan fingerprint density at radius 3 is 3.00 bits per heavy atom. The quantitative estimate of drug-likeness (QED) is 0.737. The highest BCUT2D eigenvalue weighted by molar-refractivity contribution is 6.01. The van der Waals surface area contributed by atoms with Gasteiger partial charge in [0.25, 0.3) is 0 Å². The molecule has 3 aromatic heterocycles. The molecule has 0 aromatic carbocycles. The van der Waals surface area contributed by atoms with Crippen molar-refractivity contribution in [3.8, 4) is 6.07 Å². The number of aromatic amines is 1. The number of fused-ring (bicyclic) bond motifs is 3. The van der Waals surface area contributed by atoms with Gasteiger partial charge in [-0.2, -0.15) is 5.26 Å². The number of pyridine rings is 1. The fourth-order valence-corrected chi connectivity index (χ4v) is 5.16. The van der Waals surface area contributed by atoms with E-state index in [0.29, 0.717) is 19.3 Å². The van der Waals surface area contributed by atoms with Gasteiger partial charge in [0, 0.05) is 30.3 Å². The SMILES string of the molecule is CC(C)(C#N)CC1C2(OC(N)=O)CC1(n1cnc3cnc4[nH]ccc4c31)C2. The van der Waals surface area contributed by atoms with Gasteiger partial charge in [-0.25, -0.2) is 14.8 Å². The number of amides is 1. The van der Waals surface area contributed by atoms with E-state index < -0.39 is 17.1 Å². The van der Waals surface area contributed by atoms with E-state index in [0.717, 1.165) is 22.1 Å². The summed E-state index contributed by atoms with van der Waals surface area (Å²) < 4.78 is 7.73. The number of imidazole rings is 1. The smallest absolute Gasteiger partial charge is 0.405 e. The van der Waals surface area contributed by atoms with Gasteiger partial charge in [-0.15, -0.1) is 0 Å². The number of nitriles is 1. The van der Waals surface area contributed by atoms with Gasteiger partial charge >= 0.3 is 6.09 Å². The van der Waals surface area contributed by atoms with Crippen molar-refractivity contribution < 1.29 is 9.53 Å². The molecule has 1 unspecified atom stereocenters. The van der Waals surface area contributed by atoms with Gasteiger partial charge in [0.1, 0.15) is 16.8 Å². The molecule has 3 N–H and O–H groups in total. The Morgan fingerprint density at radius 2 is 2.30 bits per heavy atom. The van der Waals surface area contributed by atoms with Crippen LogP contribution in [0.1, 0.15) is 33.1 Å². The van der Waals surface area contributed by atoms with Crippen molar-refractivity contribution in [2.75, 3.05) is 0 Å². The predicted molar refractivity (Wildman–Crippen MR) is 97.5 cm³/mol. The number of ether oxygens (including phenoxy) is 1. The summed E-state index contributed by atoms with van der Waals surface area (Å²) in [5.74, 6) is 0.0201. The monoisotopic (exact) mass is 364 g/mol. The van der Waals surface area contributed by atoms with Crippen molar-refractivity contribution in [2.24, 2.45) is 17.1 Å². The lowest BCUT2D eigenvalue weighted by Crippen LogP contribution is -2.81. The maximum absolute atomic E-state index is 11.5. The molecule has 3 saturated carbocycles. The van der Waals surface area contributed by atoms with Crippen molar-refractivity contribution in [2.45, 2.75) is 44.2 Å². The van der Waals surface area contributed by atoms with Gasteiger partial charge in [0.15, 0.2) is 0 Å². The van der Waals surface area contributed by atoms with Crippen LogP contribution in [0.2, 0.25) is 0 Å². The molecule has 27 heavy (non-hydrogen) atoms. The van der Waals surface area contributed by atoms with E-state index >= 15 is 0 Å². The second-order valence-electron chi connectivity index (χ2n) is 8.54. The molecule has 0 aliphatic heterocycles. The average Bonchev–Trinajstić information content (AvgIpc) is 3.22. The van der Waals surface area contributed by atoms with Crippen LogP contribution in [0.3, 0.4) is 0 Å². The van der Waals surface area contributed by atoms with Crippen LogP contribution in [0.25, 0.3) is 22.1 Å². The zero-order valence-corrected chi connectivity index (χ0v) is 15.2. The molecule has 6 rings (SSSR count). The molecular weight excluding hydrogens is 344 g/mol. The first kappa shape index (κ1) is 16.1. The van der Waals surface area contributed by atoms with Crippen molar-refractivity contribution >= 4 is 28.2 Å². The molecule has 0 radical (unpaired) electrons. The molecule has 3 aromatic rings. The predicted octanol–water partition coefficient (Wildman–Crippen LogP) is 2.81. The van der Waals surface area contributed by atoms with Crippen LogP contribution < -0.4 is 5.73 Å². The molecule has 3 heterocycles. The number of carbonyl (C=O) groups is 1. The molecular formula is C19H20N6O2. The number of carbonyl (C=O) groups excluding carboxylic acids is 1. The topological polar surface area (TPSA) is 123 Å². The average molecular weight is 364 g/mol. The van der Waals surface area contributed by atoms with Crippen molar-refractivity contribution in [1.29, 1.82) is 5.26 Å². The third-order valence-electron chi connectivity index (χ3n) is 6.39. The Balaban J connectivity index is 1.63. The summed E-state index contributed by atoms with van der Waals surface area (Å²) in [6.07, 6.45) is 6.72. The van der Waals surface area contributed by atoms with Crippen LogP contribution in [0.5, 0.6) is 0 Å². The molecule has 8 heteroatoms. The minimum Gasteiger partial charge on any atom is -0.443 e. The van der Waals surface area contributed by atoms with E-state index in [-0.39, 0.29) is 11.5 Å². The number of rotatable bonds is 4. The summed E-state index contributed by atoms with van der Waals surface area (Å²) in [6, 6.07) is 4.36. The Kier molecular flexibility index (Phi) is 2.86. The van der Waals surface area contributed by atoms with Crippen LogP contribution >= 0.6 is 0 Å². The Morgan fingerprint density at radius 1 is 1.52 bits per heavy atom. The third kappa shape index (κ3) is 1.94. The van der Waals surface area contributed by atoms with E-state index in [1.165, 1.54) is 0 Å². The van der Waals surface area contributed by atoms with E-state index in [2.05, 4.69) is 25.6 Å². The zero-order chi connectivity index (χ0) is 19.0. The summed E-state index contributed by atoms with van der Waals surface area (Å²) in [5, 5.41) is 10.5. The largest absolute Gasteiger partial charge is 0.443 e. The molecule has 138 valence electrons. The van der Waals surface area contributed by atoms with Crippen molar-refractivity contribution in [3.63, 3.8) is 0 Å². The summed E-state index contributed by atoms with van der Waals surface area (Å²) in [4.78, 5) is 23.6. The Hall–Kier alpha value is -3.08. The highest BCUT2D eigenvalue weighted by Gasteiger charge is 2.79. The zero-order valence-electron chi connectivity index (χ0n) is 15.2. The van der Waals surface area contributed by atoms with Crippen LogP contribution in [0.15, 0.2) is 24.8 Å². The number of primary amides is 1. The van der Waals surface area contributed by atoms with Gasteiger partial charge < -0.3 is 20.0 Å². The van der Waals surface area contributed by atoms with E-state index in [4.69, 9.17) is 10.5 Å². The molecule has 8 nitrogen and oxygen atoms in total.